The van der Waals surface area contributed by atoms with E-state index in [4.69, 9.17) is 0 Å². The maximum Gasteiger partial charge on any atom is 0.322 e. The fourth-order valence-corrected chi connectivity index (χ4v) is 2.95. The number of carbonyl (C=O) groups excluding carboxylic acids is 2. The van der Waals surface area contributed by atoms with Gasteiger partial charge < -0.3 is 15.5 Å². The first-order chi connectivity index (χ1) is 12.6. The van der Waals surface area contributed by atoms with Crippen LogP contribution in [0.3, 0.4) is 0 Å². The Morgan fingerprint density at radius 1 is 1.04 bits per heavy atom. The first-order valence-electron chi connectivity index (χ1n) is 8.23. The first-order valence-corrected chi connectivity index (χ1v) is 8.23. The quantitative estimate of drug-likeness (QED) is 0.649. The number of nitro benzene ring substituents is 1. The van der Waals surface area contributed by atoms with E-state index in [-0.39, 0.29) is 17.3 Å². The molecule has 26 heavy (non-hydrogen) atoms. The smallest absolute Gasteiger partial charge is 0.322 e. The Morgan fingerprint density at radius 2 is 1.73 bits per heavy atom. The second-order valence-electron chi connectivity index (χ2n) is 5.91. The summed E-state index contributed by atoms with van der Waals surface area (Å²) < 4.78 is 0. The minimum absolute atomic E-state index is 0.108. The third kappa shape index (κ3) is 3.80. The van der Waals surface area contributed by atoms with Crippen LogP contribution in [0.4, 0.5) is 21.9 Å². The number of carbonyl (C=O) groups is 2. The number of hydrogen-bond donors (Lipinski definition) is 2. The molecule has 0 spiro atoms. The van der Waals surface area contributed by atoms with E-state index in [1.54, 1.807) is 18.2 Å². The van der Waals surface area contributed by atoms with Crippen molar-refractivity contribution in [2.75, 3.05) is 17.2 Å². The van der Waals surface area contributed by atoms with Crippen molar-refractivity contribution in [3.8, 4) is 0 Å². The summed E-state index contributed by atoms with van der Waals surface area (Å²) in [4.78, 5) is 37.0. The number of para-hydroxylation sites is 3. The Kier molecular flexibility index (Phi) is 5.12. The van der Waals surface area contributed by atoms with Gasteiger partial charge in [-0.25, -0.2) is 4.79 Å². The number of nitrogens with one attached hydrogen (secondary N) is 2. The maximum absolute atomic E-state index is 12.6. The molecule has 1 atom stereocenters. The van der Waals surface area contributed by atoms with E-state index < -0.39 is 17.0 Å². The van der Waals surface area contributed by atoms with E-state index in [0.717, 1.165) is 0 Å². The van der Waals surface area contributed by atoms with Gasteiger partial charge in [0.25, 0.3) is 5.69 Å². The minimum Gasteiger partial charge on any atom is -0.324 e. The summed E-state index contributed by atoms with van der Waals surface area (Å²) >= 11 is 0. The standard InChI is InChI=1S/C18H18N4O4/c23-17(19-13-7-2-1-3-8-13)16-11-6-12-21(16)18(24)20-14-9-4-5-10-15(14)22(25)26/h1-5,7-10,16H,6,11-12H2,(H,19,23)(H,20,24)/t16-/m1/s1. The lowest BCUT2D eigenvalue weighted by Crippen LogP contribution is -2.45. The number of anilines is 2. The average molecular weight is 354 g/mol. The zero-order chi connectivity index (χ0) is 18.5. The van der Waals surface area contributed by atoms with Crippen LogP contribution in [-0.2, 0) is 4.79 Å². The van der Waals surface area contributed by atoms with E-state index >= 15 is 0 Å². The number of hydrogen-bond acceptors (Lipinski definition) is 4. The van der Waals surface area contributed by atoms with Crippen LogP contribution in [-0.4, -0.2) is 34.3 Å². The fraction of sp³-hybridized carbons (Fsp3) is 0.222. The summed E-state index contributed by atoms with van der Waals surface area (Å²) in [5.41, 5.74) is 0.574. The van der Waals surface area contributed by atoms with E-state index in [1.807, 2.05) is 18.2 Å². The molecule has 3 amide bonds. The van der Waals surface area contributed by atoms with E-state index in [2.05, 4.69) is 10.6 Å². The van der Waals surface area contributed by atoms with Crippen LogP contribution >= 0.6 is 0 Å². The second kappa shape index (κ2) is 7.64. The molecular formula is C18H18N4O4. The molecular weight excluding hydrogens is 336 g/mol. The molecule has 134 valence electrons. The highest BCUT2D eigenvalue weighted by Gasteiger charge is 2.34. The molecule has 2 aromatic carbocycles. The van der Waals surface area contributed by atoms with Crippen LogP contribution < -0.4 is 10.6 Å². The van der Waals surface area contributed by atoms with Gasteiger partial charge in [-0.3, -0.25) is 14.9 Å². The summed E-state index contributed by atoms with van der Waals surface area (Å²) in [6, 6.07) is 13.8. The zero-order valence-corrected chi connectivity index (χ0v) is 13.9. The molecule has 1 saturated heterocycles. The molecule has 8 nitrogen and oxygen atoms in total. The highest BCUT2D eigenvalue weighted by molar-refractivity contribution is 6.00. The van der Waals surface area contributed by atoms with Crippen LogP contribution in [0.15, 0.2) is 54.6 Å². The summed E-state index contributed by atoms with van der Waals surface area (Å²) in [7, 11) is 0. The Morgan fingerprint density at radius 3 is 2.46 bits per heavy atom. The van der Waals surface area contributed by atoms with Crippen molar-refractivity contribution in [3.05, 3.63) is 64.7 Å². The summed E-state index contributed by atoms with van der Waals surface area (Å²) in [5, 5.41) is 16.4. The van der Waals surface area contributed by atoms with Crippen molar-refractivity contribution in [2.45, 2.75) is 18.9 Å². The average Bonchev–Trinajstić information content (AvgIpc) is 3.13. The van der Waals surface area contributed by atoms with Crippen LogP contribution in [0.2, 0.25) is 0 Å². The fourth-order valence-electron chi connectivity index (χ4n) is 2.95. The van der Waals surface area contributed by atoms with Gasteiger partial charge in [-0.2, -0.15) is 0 Å². The Balaban J connectivity index is 1.71. The molecule has 2 N–H and O–H groups in total. The van der Waals surface area contributed by atoms with Crippen molar-refractivity contribution in [1.82, 2.24) is 4.90 Å². The lowest BCUT2D eigenvalue weighted by Gasteiger charge is -2.24. The van der Waals surface area contributed by atoms with E-state index in [0.29, 0.717) is 25.1 Å². The molecule has 0 aromatic heterocycles. The first kappa shape index (κ1) is 17.4. The number of rotatable bonds is 4. The molecule has 0 radical (unpaired) electrons. The van der Waals surface area contributed by atoms with E-state index in [9.17, 15) is 19.7 Å². The van der Waals surface area contributed by atoms with Gasteiger partial charge in [0.1, 0.15) is 11.7 Å². The van der Waals surface area contributed by atoms with Gasteiger partial charge in [-0.1, -0.05) is 30.3 Å². The molecule has 1 aliphatic heterocycles. The number of urea groups is 1. The normalized spacial score (nSPS) is 16.2. The monoisotopic (exact) mass is 354 g/mol. The van der Waals surface area contributed by atoms with Gasteiger partial charge in [-0.15, -0.1) is 0 Å². The SMILES string of the molecule is O=C(Nc1ccccc1)[C@H]1CCCN1C(=O)Nc1ccccc1[N+](=O)[O-]. The topological polar surface area (TPSA) is 105 Å². The predicted molar refractivity (Wildman–Crippen MR) is 96.9 cm³/mol. The lowest BCUT2D eigenvalue weighted by atomic mass is 10.2. The second-order valence-corrected chi connectivity index (χ2v) is 5.91. The predicted octanol–water partition coefficient (Wildman–Crippen LogP) is 3.23. The van der Waals surface area contributed by atoms with Crippen LogP contribution in [0, 0.1) is 10.1 Å². The van der Waals surface area contributed by atoms with Gasteiger partial charge in [-0.05, 0) is 31.0 Å². The number of nitrogens with zero attached hydrogens (tertiary/aromatic N) is 2. The molecule has 3 rings (SSSR count). The minimum atomic E-state index is -0.613. The van der Waals surface area contributed by atoms with Crippen molar-refractivity contribution < 1.29 is 14.5 Å². The van der Waals surface area contributed by atoms with Gasteiger partial charge in [0.15, 0.2) is 0 Å². The Hall–Kier alpha value is -3.42. The number of amides is 3. The Labute approximate surface area is 150 Å². The van der Waals surface area contributed by atoms with Gasteiger partial charge in [0.05, 0.1) is 4.92 Å². The largest absolute Gasteiger partial charge is 0.324 e. The number of likely N-dealkylation sites (tertiary alicyclic amines) is 1. The van der Waals surface area contributed by atoms with Crippen molar-refractivity contribution in [3.63, 3.8) is 0 Å². The summed E-state index contributed by atoms with van der Waals surface area (Å²) in [6.45, 7) is 0.416. The van der Waals surface area contributed by atoms with Crippen molar-refractivity contribution in [2.24, 2.45) is 0 Å². The number of benzene rings is 2. The lowest BCUT2D eigenvalue weighted by molar-refractivity contribution is -0.383. The zero-order valence-electron chi connectivity index (χ0n) is 13.9. The molecule has 8 heteroatoms. The molecule has 1 aliphatic rings. The van der Waals surface area contributed by atoms with Gasteiger partial charge in [0.2, 0.25) is 5.91 Å². The van der Waals surface area contributed by atoms with Crippen LogP contribution in [0.25, 0.3) is 0 Å². The van der Waals surface area contributed by atoms with Crippen molar-refractivity contribution >= 4 is 29.0 Å². The van der Waals surface area contributed by atoms with Crippen LogP contribution in [0.5, 0.6) is 0 Å². The third-order valence-corrected chi connectivity index (χ3v) is 4.20. The van der Waals surface area contributed by atoms with Gasteiger partial charge in [0, 0.05) is 18.3 Å². The summed E-state index contributed by atoms with van der Waals surface area (Å²) in [5.74, 6) is -0.272. The molecule has 2 aromatic rings. The third-order valence-electron chi connectivity index (χ3n) is 4.20. The molecule has 0 saturated carbocycles. The van der Waals surface area contributed by atoms with E-state index in [1.165, 1.54) is 23.1 Å². The number of nitro groups is 1. The highest BCUT2D eigenvalue weighted by atomic mass is 16.6. The van der Waals surface area contributed by atoms with Crippen molar-refractivity contribution in [1.29, 1.82) is 0 Å². The molecule has 0 aliphatic carbocycles. The Bertz CT molecular complexity index is 825. The maximum atomic E-state index is 12.6. The molecule has 0 bridgehead atoms. The molecule has 1 fully saturated rings. The summed E-state index contributed by atoms with van der Waals surface area (Å²) in [6.07, 6.45) is 1.24. The molecule has 1 heterocycles. The van der Waals surface area contributed by atoms with Gasteiger partial charge >= 0.3 is 6.03 Å². The molecule has 0 unspecified atom stereocenters. The van der Waals surface area contributed by atoms with Crippen LogP contribution in [0.1, 0.15) is 12.8 Å². The highest BCUT2D eigenvalue weighted by Crippen LogP contribution is 2.25.